The molecule has 8 nitrogen and oxygen atoms in total. The van der Waals surface area contributed by atoms with Crippen LogP contribution in [-0.2, 0) is 9.53 Å². The lowest BCUT2D eigenvalue weighted by molar-refractivity contribution is -0.137. The SMILES string of the molecule is C=CC(=O)OCCCCCCOc1ccc(C(=O)Oc2ccc(C(=O)Oc3ccc(C)cc3)cc2)cc1OC. The number of rotatable bonds is 14. The third-order valence-corrected chi connectivity index (χ3v) is 5.64. The van der Waals surface area contributed by atoms with E-state index in [1.807, 2.05) is 19.1 Å². The molecule has 0 aliphatic carbocycles. The third-order valence-electron chi connectivity index (χ3n) is 5.64. The minimum Gasteiger partial charge on any atom is -0.493 e. The number of ether oxygens (including phenoxy) is 5. The highest BCUT2D eigenvalue weighted by molar-refractivity contribution is 5.93. The van der Waals surface area contributed by atoms with Crippen molar-refractivity contribution in [2.24, 2.45) is 0 Å². The molecule has 0 saturated heterocycles. The summed E-state index contributed by atoms with van der Waals surface area (Å²) in [5, 5.41) is 0. The van der Waals surface area contributed by atoms with Crippen LogP contribution in [0.2, 0.25) is 0 Å². The van der Waals surface area contributed by atoms with Gasteiger partial charge in [-0.15, -0.1) is 0 Å². The molecule has 0 atom stereocenters. The summed E-state index contributed by atoms with van der Waals surface area (Å²) in [4.78, 5) is 36.0. The zero-order valence-corrected chi connectivity index (χ0v) is 22.1. The highest BCUT2D eigenvalue weighted by Crippen LogP contribution is 2.29. The summed E-state index contributed by atoms with van der Waals surface area (Å²) in [6.45, 7) is 6.16. The monoisotopic (exact) mass is 532 g/mol. The van der Waals surface area contributed by atoms with Crippen LogP contribution in [0.4, 0.5) is 0 Å². The number of methoxy groups -OCH3 is 1. The molecule has 39 heavy (non-hydrogen) atoms. The van der Waals surface area contributed by atoms with Crippen LogP contribution in [0.3, 0.4) is 0 Å². The van der Waals surface area contributed by atoms with Gasteiger partial charge in [0.1, 0.15) is 11.5 Å². The first kappa shape index (κ1) is 29.0. The highest BCUT2D eigenvalue weighted by atomic mass is 16.5. The normalized spacial score (nSPS) is 10.3. The van der Waals surface area contributed by atoms with Crippen LogP contribution in [0.25, 0.3) is 0 Å². The van der Waals surface area contributed by atoms with Gasteiger partial charge in [-0.3, -0.25) is 0 Å². The fourth-order valence-corrected chi connectivity index (χ4v) is 3.48. The summed E-state index contributed by atoms with van der Waals surface area (Å²) in [7, 11) is 1.50. The van der Waals surface area contributed by atoms with Crippen molar-refractivity contribution in [3.05, 3.63) is 96.1 Å². The molecule has 0 aromatic heterocycles. The average molecular weight is 533 g/mol. The second-order valence-electron chi connectivity index (χ2n) is 8.62. The maximum atomic E-state index is 12.7. The summed E-state index contributed by atoms with van der Waals surface area (Å²) in [5.74, 6) is 0.168. The van der Waals surface area contributed by atoms with E-state index < -0.39 is 17.9 Å². The van der Waals surface area contributed by atoms with E-state index in [1.54, 1.807) is 30.3 Å². The van der Waals surface area contributed by atoms with Crippen LogP contribution in [0.15, 0.2) is 79.4 Å². The Morgan fingerprint density at radius 2 is 1.28 bits per heavy atom. The van der Waals surface area contributed by atoms with Crippen molar-refractivity contribution in [3.8, 4) is 23.0 Å². The largest absolute Gasteiger partial charge is 0.493 e. The predicted octanol–water partition coefficient (Wildman–Crippen LogP) is 6.11. The van der Waals surface area contributed by atoms with Gasteiger partial charge in [0.15, 0.2) is 11.5 Å². The van der Waals surface area contributed by atoms with E-state index in [9.17, 15) is 14.4 Å². The summed E-state index contributed by atoms with van der Waals surface area (Å²) in [5.41, 5.74) is 1.68. The van der Waals surface area contributed by atoms with Gasteiger partial charge in [-0.05, 0) is 87.2 Å². The molecule has 0 aliphatic rings. The van der Waals surface area contributed by atoms with Gasteiger partial charge in [0.2, 0.25) is 0 Å². The highest BCUT2D eigenvalue weighted by Gasteiger charge is 2.15. The number of benzene rings is 3. The van der Waals surface area contributed by atoms with Crippen molar-refractivity contribution in [2.75, 3.05) is 20.3 Å². The molecule has 8 heteroatoms. The van der Waals surface area contributed by atoms with Gasteiger partial charge < -0.3 is 23.7 Å². The number of hydrogen-bond donors (Lipinski definition) is 0. The molecule has 0 N–H and O–H groups in total. The van der Waals surface area contributed by atoms with Gasteiger partial charge in [0, 0.05) is 6.08 Å². The first-order valence-corrected chi connectivity index (χ1v) is 12.6. The Hall–Kier alpha value is -4.59. The number of carbonyl (C=O) groups excluding carboxylic acids is 3. The Labute approximate surface area is 228 Å². The lowest BCUT2D eigenvalue weighted by Gasteiger charge is -2.12. The minimum atomic E-state index is -0.577. The van der Waals surface area contributed by atoms with Crippen molar-refractivity contribution in [1.82, 2.24) is 0 Å². The molecule has 3 aromatic rings. The lowest BCUT2D eigenvalue weighted by atomic mass is 10.2. The van der Waals surface area contributed by atoms with Gasteiger partial charge in [0.05, 0.1) is 31.5 Å². The average Bonchev–Trinajstić information content (AvgIpc) is 2.95. The molecule has 3 aromatic carbocycles. The molecule has 0 spiro atoms. The van der Waals surface area contributed by atoms with Crippen LogP contribution < -0.4 is 18.9 Å². The Bertz CT molecular complexity index is 1260. The zero-order chi connectivity index (χ0) is 28.0. The first-order valence-electron chi connectivity index (χ1n) is 12.6. The summed E-state index contributed by atoms with van der Waals surface area (Å²) < 4.78 is 26.9. The van der Waals surface area contributed by atoms with E-state index in [4.69, 9.17) is 23.7 Å². The lowest BCUT2D eigenvalue weighted by Crippen LogP contribution is -2.10. The molecular formula is C31H32O8. The second-order valence-corrected chi connectivity index (χ2v) is 8.62. The van der Waals surface area contributed by atoms with Crippen molar-refractivity contribution in [2.45, 2.75) is 32.6 Å². The number of aryl methyl sites for hydroxylation is 1. The Kier molecular flexibility index (Phi) is 11.1. The van der Waals surface area contributed by atoms with E-state index in [2.05, 4.69) is 6.58 Å². The van der Waals surface area contributed by atoms with Gasteiger partial charge >= 0.3 is 17.9 Å². The van der Waals surface area contributed by atoms with Gasteiger partial charge in [0.25, 0.3) is 0 Å². The zero-order valence-electron chi connectivity index (χ0n) is 22.1. The third kappa shape index (κ3) is 9.34. The van der Waals surface area contributed by atoms with Crippen molar-refractivity contribution in [3.63, 3.8) is 0 Å². The number of esters is 3. The molecule has 0 amide bonds. The minimum absolute atomic E-state index is 0.283. The number of hydrogen-bond acceptors (Lipinski definition) is 8. The maximum Gasteiger partial charge on any atom is 0.343 e. The Morgan fingerprint density at radius 3 is 1.90 bits per heavy atom. The van der Waals surface area contributed by atoms with Gasteiger partial charge in [-0.2, -0.15) is 0 Å². The van der Waals surface area contributed by atoms with Crippen molar-refractivity contribution >= 4 is 17.9 Å². The summed E-state index contributed by atoms with van der Waals surface area (Å²) in [6.07, 6.45) is 4.57. The summed E-state index contributed by atoms with van der Waals surface area (Å²) in [6, 6.07) is 18.1. The van der Waals surface area contributed by atoms with E-state index in [1.165, 1.54) is 31.4 Å². The standard InChI is InChI=1S/C31H32O8/c1-4-29(32)37-20-8-6-5-7-19-36-27-18-13-24(21-28(27)35-3)31(34)39-26-16-11-23(12-17-26)30(33)38-25-14-9-22(2)10-15-25/h4,9-18,21H,1,5-8,19-20H2,2-3H3. The van der Waals surface area contributed by atoms with Crippen LogP contribution in [0, 0.1) is 6.92 Å². The smallest absolute Gasteiger partial charge is 0.343 e. The van der Waals surface area contributed by atoms with Crippen molar-refractivity contribution in [1.29, 1.82) is 0 Å². The molecule has 0 fully saturated rings. The quantitative estimate of drug-likeness (QED) is 0.106. The summed E-state index contributed by atoms with van der Waals surface area (Å²) >= 11 is 0. The molecular weight excluding hydrogens is 500 g/mol. The molecule has 3 rings (SSSR count). The van der Waals surface area contributed by atoms with Crippen LogP contribution >= 0.6 is 0 Å². The van der Waals surface area contributed by atoms with Gasteiger partial charge in [-0.1, -0.05) is 24.3 Å². The Balaban J connectivity index is 1.46. The molecule has 0 bridgehead atoms. The fraction of sp³-hybridized carbons (Fsp3) is 0.258. The van der Waals surface area contributed by atoms with Crippen LogP contribution in [0.1, 0.15) is 52.0 Å². The van der Waals surface area contributed by atoms with Crippen molar-refractivity contribution < 1.29 is 38.1 Å². The van der Waals surface area contributed by atoms with Crippen LogP contribution in [-0.4, -0.2) is 38.2 Å². The molecule has 204 valence electrons. The van der Waals surface area contributed by atoms with Gasteiger partial charge in [-0.25, -0.2) is 14.4 Å². The van der Waals surface area contributed by atoms with E-state index in [0.717, 1.165) is 37.3 Å². The van der Waals surface area contributed by atoms with E-state index in [-0.39, 0.29) is 11.3 Å². The molecule has 0 unspecified atom stereocenters. The molecule has 0 heterocycles. The topological polar surface area (TPSA) is 97.4 Å². The second kappa shape index (κ2) is 15.0. The molecule has 0 aliphatic heterocycles. The van der Waals surface area contributed by atoms with Crippen LogP contribution in [0.5, 0.6) is 23.0 Å². The maximum absolute atomic E-state index is 12.7. The van der Waals surface area contributed by atoms with E-state index in [0.29, 0.717) is 36.0 Å². The number of carbonyl (C=O) groups is 3. The molecule has 0 saturated carbocycles. The first-order chi connectivity index (χ1) is 18.9. The van der Waals surface area contributed by atoms with E-state index >= 15 is 0 Å². The molecule has 0 radical (unpaired) electrons. The Morgan fingerprint density at radius 1 is 0.718 bits per heavy atom. The predicted molar refractivity (Wildman–Crippen MR) is 146 cm³/mol. The fourth-order valence-electron chi connectivity index (χ4n) is 3.48. The number of unbranched alkanes of at least 4 members (excludes halogenated alkanes) is 3.